The van der Waals surface area contributed by atoms with Gasteiger partial charge in [-0.05, 0) is 35.5 Å². The maximum absolute atomic E-state index is 13.4. The number of ether oxygens (including phenoxy) is 1. The molecule has 1 unspecified atom stereocenters. The van der Waals surface area contributed by atoms with Gasteiger partial charge < -0.3 is 10.1 Å². The summed E-state index contributed by atoms with van der Waals surface area (Å²) in [7, 11) is 3.46. The third-order valence-corrected chi connectivity index (χ3v) is 3.18. The van der Waals surface area contributed by atoms with Crippen molar-refractivity contribution in [3.63, 3.8) is 0 Å². The van der Waals surface area contributed by atoms with Crippen LogP contribution in [-0.4, -0.2) is 14.2 Å². The van der Waals surface area contributed by atoms with Crippen molar-refractivity contribution < 1.29 is 9.13 Å². The first-order chi connectivity index (χ1) is 7.63. The van der Waals surface area contributed by atoms with Gasteiger partial charge in [0.2, 0.25) is 0 Å². The van der Waals surface area contributed by atoms with Crippen LogP contribution in [0.4, 0.5) is 4.39 Å². The smallest absolute Gasteiger partial charge is 0.141 e. The summed E-state index contributed by atoms with van der Waals surface area (Å²) in [6.07, 6.45) is 2.05. The number of halogens is 2. The molecule has 16 heavy (non-hydrogen) atoms. The Labute approximate surface area is 104 Å². The van der Waals surface area contributed by atoms with E-state index in [4.69, 9.17) is 4.74 Å². The second-order valence-corrected chi connectivity index (χ2v) is 4.49. The van der Waals surface area contributed by atoms with Gasteiger partial charge in [0, 0.05) is 17.7 Å². The highest BCUT2D eigenvalue weighted by molar-refractivity contribution is 9.10. The van der Waals surface area contributed by atoms with Crippen molar-refractivity contribution >= 4 is 15.9 Å². The van der Waals surface area contributed by atoms with Crippen LogP contribution in [0, 0.1) is 5.82 Å². The summed E-state index contributed by atoms with van der Waals surface area (Å²) in [5.41, 5.74) is 0.986. The lowest BCUT2D eigenvalue weighted by Crippen LogP contribution is -2.17. The Bertz CT molecular complexity index is 357. The lowest BCUT2D eigenvalue weighted by Gasteiger charge is -2.19. The lowest BCUT2D eigenvalue weighted by atomic mass is 10.0. The molecule has 0 aromatic heterocycles. The molecule has 0 amide bonds. The van der Waals surface area contributed by atoms with Gasteiger partial charge in [-0.3, -0.25) is 0 Å². The Morgan fingerprint density at radius 3 is 2.69 bits per heavy atom. The van der Waals surface area contributed by atoms with Crippen molar-refractivity contribution in [3.8, 4) is 5.75 Å². The predicted octanol–water partition coefficient (Wildman–Crippen LogP) is 3.66. The van der Waals surface area contributed by atoms with E-state index in [-0.39, 0.29) is 11.9 Å². The molecule has 1 rings (SSSR count). The fourth-order valence-electron chi connectivity index (χ4n) is 1.74. The van der Waals surface area contributed by atoms with Crippen LogP contribution < -0.4 is 10.1 Å². The van der Waals surface area contributed by atoms with Crippen molar-refractivity contribution in [2.24, 2.45) is 0 Å². The second-order valence-electron chi connectivity index (χ2n) is 3.64. The van der Waals surface area contributed by atoms with E-state index >= 15 is 0 Å². The molecule has 90 valence electrons. The Kier molecular flexibility index (Phi) is 5.22. The number of methoxy groups -OCH3 is 1. The topological polar surface area (TPSA) is 21.3 Å². The standard InChI is InChI=1S/C12H17BrFNO/c1-4-5-11(15-2)8-6-9(13)10(14)7-12(8)16-3/h6-7,11,15H,4-5H2,1-3H3. The maximum Gasteiger partial charge on any atom is 0.141 e. The molecule has 0 bridgehead atoms. The van der Waals surface area contributed by atoms with Crippen LogP contribution in [0.1, 0.15) is 31.4 Å². The Hall–Kier alpha value is -0.610. The normalized spacial score (nSPS) is 12.6. The second kappa shape index (κ2) is 6.21. The highest BCUT2D eigenvalue weighted by Crippen LogP contribution is 2.32. The van der Waals surface area contributed by atoms with Crippen molar-refractivity contribution in [2.45, 2.75) is 25.8 Å². The summed E-state index contributed by atoms with van der Waals surface area (Å²) in [5, 5.41) is 3.22. The van der Waals surface area contributed by atoms with E-state index in [9.17, 15) is 4.39 Å². The molecule has 0 saturated heterocycles. The fourth-order valence-corrected chi connectivity index (χ4v) is 2.10. The molecule has 1 N–H and O–H groups in total. The van der Waals surface area contributed by atoms with E-state index in [1.165, 1.54) is 6.07 Å². The van der Waals surface area contributed by atoms with Crippen molar-refractivity contribution in [1.29, 1.82) is 0 Å². The third kappa shape index (κ3) is 2.95. The minimum absolute atomic E-state index is 0.192. The average molecular weight is 290 g/mol. The minimum atomic E-state index is -0.299. The Morgan fingerprint density at radius 2 is 2.19 bits per heavy atom. The molecule has 1 aromatic rings. The van der Waals surface area contributed by atoms with E-state index in [0.717, 1.165) is 18.4 Å². The largest absolute Gasteiger partial charge is 0.496 e. The van der Waals surface area contributed by atoms with Gasteiger partial charge in [0.15, 0.2) is 0 Å². The van der Waals surface area contributed by atoms with Crippen molar-refractivity contribution in [1.82, 2.24) is 5.32 Å². The van der Waals surface area contributed by atoms with Crippen LogP contribution in [0.3, 0.4) is 0 Å². The summed E-state index contributed by atoms with van der Waals surface area (Å²) in [4.78, 5) is 0. The zero-order valence-corrected chi connectivity index (χ0v) is 11.4. The zero-order chi connectivity index (χ0) is 12.1. The summed E-state index contributed by atoms with van der Waals surface area (Å²) in [6, 6.07) is 3.39. The zero-order valence-electron chi connectivity index (χ0n) is 9.81. The highest BCUT2D eigenvalue weighted by atomic mass is 79.9. The molecule has 1 aromatic carbocycles. The van der Waals surface area contributed by atoms with Crippen LogP contribution in [0.2, 0.25) is 0 Å². The Balaban J connectivity index is 3.13. The van der Waals surface area contributed by atoms with Crippen LogP contribution in [-0.2, 0) is 0 Å². The molecule has 0 aliphatic carbocycles. The first-order valence-electron chi connectivity index (χ1n) is 5.34. The summed E-state index contributed by atoms with van der Waals surface area (Å²) in [6.45, 7) is 2.12. The highest BCUT2D eigenvalue weighted by Gasteiger charge is 2.16. The first kappa shape index (κ1) is 13.5. The minimum Gasteiger partial charge on any atom is -0.496 e. The van der Waals surface area contributed by atoms with Gasteiger partial charge in [0.25, 0.3) is 0 Å². The molecule has 0 spiro atoms. The molecule has 0 saturated carbocycles. The number of benzene rings is 1. The van der Waals surface area contributed by atoms with Crippen molar-refractivity contribution in [3.05, 3.63) is 28.0 Å². The maximum atomic E-state index is 13.4. The molecular formula is C12H17BrFNO. The van der Waals surface area contributed by atoms with E-state index in [1.54, 1.807) is 13.2 Å². The van der Waals surface area contributed by atoms with E-state index < -0.39 is 0 Å². The van der Waals surface area contributed by atoms with Gasteiger partial charge in [-0.15, -0.1) is 0 Å². The van der Waals surface area contributed by atoms with Gasteiger partial charge in [-0.2, -0.15) is 0 Å². The molecule has 0 radical (unpaired) electrons. The fraction of sp³-hybridized carbons (Fsp3) is 0.500. The Morgan fingerprint density at radius 1 is 1.50 bits per heavy atom. The molecule has 0 fully saturated rings. The van der Waals surface area contributed by atoms with Crippen LogP contribution in [0.5, 0.6) is 5.75 Å². The summed E-state index contributed by atoms with van der Waals surface area (Å²) < 4.78 is 19.0. The molecule has 1 atom stereocenters. The molecule has 2 nitrogen and oxygen atoms in total. The van der Waals surface area contributed by atoms with Crippen LogP contribution in [0.15, 0.2) is 16.6 Å². The summed E-state index contributed by atoms with van der Waals surface area (Å²) >= 11 is 3.20. The van der Waals surface area contributed by atoms with E-state index in [1.807, 2.05) is 7.05 Å². The van der Waals surface area contributed by atoms with Crippen LogP contribution in [0.25, 0.3) is 0 Å². The third-order valence-electron chi connectivity index (χ3n) is 2.57. The molecular weight excluding hydrogens is 273 g/mol. The van der Waals surface area contributed by atoms with Crippen LogP contribution >= 0.6 is 15.9 Å². The number of nitrogens with one attached hydrogen (secondary N) is 1. The van der Waals surface area contributed by atoms with Gasteiger partial charge in [0.1, 0.15) is 11.6 Å². The van der Waals surface area contributed by atoms with E-state index in [2.05, 4.69) is 28.2 Å². The van der Waals surface area contributed by atoms with Gasteiger partial charge in [-0.1, -0.05) is 13.3 Å². The average Bonchev–Trinajstić information content (AvgIpc) is 2.29. The first-order valence-corrected chi connectivity index (χ1v) is 6.13. The molecule has 0 heterocycles. The number of hydrogen-bond donors (Lipinski definition) is 1. The molecule has 0 aliphatic heterocycles. The number of hydrogen-bond acceptors (Lipinski definition) is 2. The van der Waals surface area contributed by atoms with E-state index in [0.29, 0.717) is 10.2 Å². The monoisotopic (exact) mass is 289 g/mol. The SMILES string of the molecule is CCCC(NC)c1cc(Br)c(F)cc1OC. The lowest BCUT2D eigenvalue weighted by molar-refractivity contribution is 0.394. The molecule has 4 heteroatoms. The number of rotatable bonds is 5. The quantitative estimate of drug-likeness (QED) is 0.893. The summed E-state index contributed by atoms with van der Waals surface area (Å²) in [5.74, 6) is 0.292. The van der Waals surface area contributed by atoms with Crippen molar-refractivity contribution in [2.75, 3.05) is 14.2 Å². The van der Waals surface area contributed by atoms with Gasteiger partial charge in [-0.25, -0.2) is 4.39 Å². The van der Waals surface area contributed by atoms with Gasteiger partial charge in [0.05, 0.1) is 11.6 Å². The predicted molar refractivity (Wildman–Crippen MR) is 67.4 cm³/mol. The van der Waals surface area contributed by atoms with Gasteiger partial charge >= 0.3 is 0 Å². The molecule has 0 aliphatic rings.